The molecular weight excluding hydrogens is 248 g/mol. The Morgan fingerprint density at radius 3 is 2.80 bits per heavy atom. The molecule has 0 amide bonds. The van der Waals surface area contributed by atoms with E-state index in [2.05, 4.69) is 18.7 Å². The summed E-state index contributed by atoms with van der Waals surface area (Å²) >= 11 is 0. The van der Waals surface area contributed by atoms with Gasteiger partial charge in [-0.15, -0.1) is 0 Å². The molecule has 0 bridgehead atoms. The number of benzene rings is 1. The fourth-order valence-electron chi connectivity index (χ4n) is 3.13. The van der Waals surface area contributed by atoms with E-state index in [1.54, 1.807) is 0 Å². The van der Waals surface area contributed by atoms with E-state index >= 15 is 0 Å². The van der Waals surface area contributed by atoms with Crippen LogP contribution in [0, 0.1) is 5.92 Å². The van der Waals surface area contributed by atoms with E-state index in [9.17, 15) is 4.79 Å². The van der Waals surface area contributed by atoms with Crippen molar-refractivity contribution in [3.05, 3.63) is 46.9 Å². The van der Waals surface area contributed by atoms with Crippen LogP contribution >= 0.6 is 0 Å². The molecule has 1 atom stereocenters. The SMILES string of the molecule is CC(C)N1CCC(Cn2ccc3ccccc3c2=O)C1. The highest BCUT2D eigenvalue weighted by atomic mass is 16.1. The molecule has 20 heavy (non-hydrogen) atoms. The fraction of sp³-hybridized carbons (Fsp3) is 0.471. The maximum atomic E-state index is 12.5. The number of pyridine rings is 1. The molecule has 106 valence electrons. The average Bonchev–Trinajstić information content (AvgIpc) is 2.91. The second kappa shape index (κ2) is 5.41. The van der Waals surface area contributed by atoms with Gasteiger partial charge in [-0.25, -0.2) is 0 Å². The van der Waals surface area contributed by atoms with Gasteiger partial charge < -0.3 is 9.47 Å². The van der Waals surface area contributed by atoms with Crippen LogP contribution in [0.25, 0.3) is 10.8 Å². The molecule has 3 rings (SSSR count). The van der Waals surface area contributed by atoms with Gasteiger partial charge in [0.1, 0.15) is 0 Å². The van der Waals surface area contributed by atoms with Crippen molar-refractivity contribution >= 4 is 10.8 Å². The largest absolute Gasteiger partial charge is 0.315 e. The molecule has 1 aromatic heterocycles. The number of hydrogen-bond acceptors (Lipinski definition) is 2. The molecule has 3 heteroatoms. The lowest BCUT2D eigenvalue weighted by Gasteiger charge is -2.20. The lowest BCUT2D eigenvalue weighted by molar-refractivity contribution is 0.260. The van der Waals surface area contributed by atoms with Crippen LogP contribution in [-0.2, 0) is 6.54 Å². The van der Waals surface area contributed by atoms with Crippen molar-refractivity contribution in [2.45, 2.75) is 32.9 Å². The predicted molar refractivity (Wildman–Crippen MR) is 83.0 cm³/mol. The van der Waals surface area contributed by atoms with Crippen molar-refractivity contribution < 1.29 is 0 Å². The summed E-state index contributed by atoms with van der Waals surface area (Å²) in [5, 5.41) is 1.86. The smallest absolute Gasteiger partial charge is 0.258 e. The normalized spacial score (nSPS) is 20.1. The van der Waals surface area contributed by atoms with Gasteiger partial charge >= 0.3 is 0 Å². The number of likely N-dealkylation sites (tertiary alicyclic amines) is 1. The highest BCUT2D eigenvalue weighted by Crippen LogP contribution is 2.20. The average molecular weight is 270 g/mol. The molecule has 1 fully saturated rings. The second-order valence-electron chi connectivity index (χ2n) is 6.10. The minimum Gasteiger partial charge on any atom is -0.315 e. The van der Waals surface area contributed by atoms with Crippen molar-refractivity contribution in [2.75, 3.05) is 13.1 Å². The maximum Gasteiger partial charge on any atom is 0.258 e. The maximum absolute atomic E-state index is 12.5. The number of fused-ring (bicyclic) bond motifs is 1. The standard InChI is InChI=1S/C17H22N2O/c1-13(2)18-9-7-14(11-18)12-19-10-8-15-5-3-4-6-16(15)17(19)20/h3-6,8,10,13-14H,7,9,11-12H2,1-2H3. The summed E-state index contributed by atoms with van der Waals surface area (Å²) in [4.78, 5) is 15.0. The highest BCUT2D eigenvalue weighted by Gasteiger charge is 2.24. The fourth-order valence-corrected chi connectivity index (χ4v) is 3.13. The van der Waals surface area contributed by atoms with Gasteiger partial charge in [-0.05, 0) is 50.2 Å². The van der Waals surface area contributed by atoms with Crippen LogP contribution in [0.1, 0.15) is 20.3 Å². The Labute approximate surface area is 119 Å². The Bertz CT molecular complexity index is 659. The van der Waals surface area contributed by atoms with Crippen LogP contribution < -0.4 is 5.56 Å². The Morgan fingerprint density at radius 2 is 2.05 bits per heavy atom. The summed E-state index contributed by atoms with van der Waals surface area (Å²) in [7, 11) is 0. The quantitative estimate of drug-likeness (QED) is 0.857. The molecule has 3 nitrogen and oxygen atoms in total. The van der Waals surface area contributed by atoms with E-state index in [0.717, 1.165) is 30.4 Å². The van der Waals surface area contributed by atoms with Crippen molar-refractivity contribution in [3.63, 3.8) is 0 Å². The molecule has 1 aliphatic heterocycles. The predicted octanol–water partition coefficient (Wildman–Crippen LogP) is 2.73. The van der Waals surface area contributed by atoms with Gasteiger partial charge in [0, 0.05) is 30.7 Å². The first kappa shape index (κ1) is 13.4. The van der Waals surface area contributed by atoms with E-state index in [1.807, 2.05) is 41.1 Å². The van der Waals surface area contributed by atoms with E-state index in [1.165, 1.54) is 6.42 Å². The minimum absolute atomic E-state index is 0.145. The van der Waals surface area contributed by atoms with Gasteiger partial charge in [-0.1, -0.05) is 18.2 Å². The van der Waals surface area contributed by atoms with E-state index in [4.69, 9.17) is 0 Å². The first-order valence-corrected chi connectivity index (χ1v) is 7.47. The van der Waals surface area contributed by atoms with Gasteiger partial charge in [0.2, 0.25) is 0 Å². The number of aromatic nitrogens is 1. The molecule has 2 heterocycles. The molecule has 0 saturated carbocycles. The third-order valence-electron chi connectivity index (χ3n) is 4.39. The Balaban J connectivity index is 1.82. The van der Waals surface area contributed by atoms with Gasteiger partial charge in [-0.2, -0.15) is 0 Å². The van der Waals surface area contributed by atoms with Crippen molar-refractivity contribution in [1.29, 1.82) is 0 Å². The minimum atomic E-state index is 0.145. The lowest BCUT2D eigenvalue weighted by Crippen LogP contribution is -2.30. The van der Waals surface area contributed by atoms with Crippen molar-refractivity contribution in [2.24, 2.45) is 5.92 Å². The zero-order valence-corrected chi connectivity index (χ0v) is 12.2. The van der Waals surface area contributed by atoms with E-state index in [0.29, 0.717) is 12.0 Å². The Morgan fingerprint density at radius 1 is 1.25 bits per heavy atom. The molecule has 1 unspecified atom stereocenters. The third kappa shape index (κ3) is 2.50. The monoisotopic (exact) mass is 270 g/mol. The molecule has 1 saturated heterocycles. The summed E-state index contributed by atoms with van der Waals surface area (Å²) in [6.45, 7) is 7.59. The number of rotatable bonds is 3. The van der Waals surface area contributed by atoms with Crippen LogP contribution in [0.15, 0.2) is 41.3 Å². The van der Waals surface area contributed by atoms with Crippen molar-refractivity contribution in [1.82, 2.24) is 9.47 Å². The first-order valence-electron chi connectivity index (χ1n) is 7.47. The zero-order chi connectivity index (χ0) is 14.1. The summed E-state index contributed by atoms with van der Waals surface area (Å²) in [6, 6.07) is 10.5. The molecular formula is C17H22N2O. The molecule has 1 aliphatic rings. The molecule has 2 aromatic rings. The van der Waals surface area contributed by atoms with E-state index in [-0.39, 0.29) is 5.56 Å². The molecule has 1 aromatic carbocycles. The van der Waals surface area contributed by atoms with Gasteiger partial charge in [0.15, 0.2) is 0 Å². The van der Waals surface area contributed by atoms with E-state index < -0.39 is 0 Å². The first-order chi connectivity index (χ1) is 9.65. The number of nitrogens with zero attached hydrogens (tertiary/aromatic N) is 2. The van der Waals surface area contributed by atoms with Gasteiger partial charge in [0.25, 0.3) is 5.56 Å². The second-order valence-corrected chi connectivity index (χ2v) is 6.10. The van der Waals surface area contributed by atoms with Crippen LogP contribution in [-0.4, -0.2) is 28.6 Å². The van der Waals surface area contributed by atoms with Crippen LogP contribution in [0.4, 0.5) is 0 Å². The Kier molecular flexibility index (Phi) is 3.62. The van der Waals surface area contributed by atoms with Gasteiger partial charge in [-0.3, -0.25) is 4.79 Å². The lowest BCUT2D eigenvalue weighted by atomic mass is 10.1. The molecule has 0 spiro atoms. The summed E-state index contributed by atoms with van der Waals surface area (Å²) in [6.07, 6.45) is 3.14. The topological polar surface area (TPSA) is 25.2 Å². The van der Waals surface area contributed by atoms with Crippen molar-refractivity contribution in [3.8, 4) is 0 Å². The Hall–Kier alpha value is -1.61. The van der Waals surface area contributed by atoms with Gasteiger partial charge in [0.05, 0.1) is 0 Å². The zero-order valence-electron chi connectivity index (χ0n) is 12.2. The summed E-state index contributed by atoms with van der Waals surface area (Å²) in [5.74, 6) is 0.594. The van der Waals surface area contributed by atoms with Crippen LogP contribution in [0.5, 0.6) is 0 Å². The summed E-state index contributed by atoms with van der Waals surface area (Å²) in [5.41, 5.74) is 0.145. The highest BCUT2D eigenvalue weighted by molar-refractivity contribution is 5.81. The van der Waals surface area contributed by atoms with Crippen LogP contribution in [0.2, 0.25) is 0 Å². The number of hydrogen-bond donors (Lipinski definition) is 0. The molecule has 0 radical (unpaired) electrons. The third-order valence-corrected chi connectivity index (χ3v) is 4.39. The summed E-state index contributed by atoms with van der Waals surface area (Å²) < 4.78 is 1.89. The molecule has 0 aliphatic carbocycles. The molecule has 0 N–H and O–H groups in total. The van der Waals surface area contributed by atoms with Crippen LogP contribution in [0.3, 0.4) is 0 Å².